The molecule has 1 aromatic rings. The van der Waals surface area contributed by atoms with Crippen LogP contribution in [0.1, 0.15) is 39.2 Å². The van der Waals surface area contributed by atoms with E-state index in [1.165, 1.54) is 0 Å². The summed E-state index contributed by atoms with van der Waals surface area (Å²) in [6.07, 6.45) is 1.83. The third-order valence-electron chi connectivity index (χ3n) is 2.66. The first-order chi connectivity index (χ1) is 7.45. The van der Waals surface area contributed by atoms with Crippen LogP contribution in [0.3, 0.4) is 0 Å². The minimum absolute atomic E-state index is 0.154. The van der Waals surface area contributed by atoms with Crippen LogP contribution in [-0.4, -0.2) is 5.97 Å². The Morgan fingerprint density at radius 3 is 2.31 bits per heavy atom. The Bertz CT molecular complexity index is 350. The summed E-state index contributed by atoms with van der Waals surface area (Å²) < 4.78 is 5.35. The fraction of sp³-hybridized carbons (Fsp3) is 0.500. The molecule has 0 N–H and O–H groups in total. The second-order valence-corrected chi connectivity index (χ2v) is 4.84. The number of carbonyl (C=O) groups excluding carboxylic acids is 1. The number of hydrogen-bond acceptors (Lipinski definition) is 2. The maximum Gasteiger partial charge on any atom is 0.316 e. The average molecular weight is 220 g/mol. The van der Waals surface area contributed by atoms with Gasteiger partial charge < -0.3 is 4.74 Å². The molecule has 88 valence electrons. The summed E-state index contributed by atoms with van der Waals surface area (Å²) in [5.74, 6) is 0.470. The van der Waals surface area contributed by atoms with Crippen molar-refractivity contribution in [1.29, 1.82) is 0 Å². The van der Waals surface area contributed by atoms with E-state index in [0.29, 0.717) is 5.75 Å². The van der Waals surface area contributed by atoms with Gasteiger partial charge in [-0.2, -0.15) is 0 Å². The molecule has 0 aliphatic carbocycles. The first-order valence-corrected chi connectivity index (χ1v) is 5.74. The van der Waals surface area contributed by atoms with E-state index in [4.69, 9.17) is 4.74 Å². The van der Waals surface area contributed by atoms with Gasteiger partial charge in [0.25, 0.3) is 0 Å². The van der Waals surface area contributed by atoms with Crippen LogP contribution < -0.4 is 4.74 Å². The molecule has 0 unspecified atom stereocenters. The quantitative estimate of drug-likeness (QED) is 0.571. The van der Waals surface area contributed by atoms with Crippen LogP contribution in [0, 0.1) is 12.3 Å². The molecule has 2 heteroatoms. The lowest BCUT2D eigenvalue weighted by molar-refractivity contribution is -0.144. The minimum atomic E-state index is -0.403. The van der Waals surface area contributed by atoms with Crippen molar-refractivity contribution in [3.8, 4) is 5.75 Å². The summed E-state index contributed by atoms with van der Waals surface area (Å²) in [5, 5.41) is 0. The van der Waals surface area contributed by atoms with E-state index in [9.17, 15) is 4.79 Å². The second kappa shape index (κ2) is 5.15. The van der Waals surface area contributed by atoms with Gasteiger partial charge in [-0.25, -0.2) is 0 Å². The van der Waals surface area contributed by atoms with Gasteiger partial charge in [0.15, 0.2) is 0 Å². The molecule has 0 saturated carbocycles. The first-order valence-electron chi connectivity index (χ1n) is 5.74. The molecule has 16 heavy (non-hydrogen) atoms. The van der Waals surface area contributed by atoms with Gasteiger partial charge in [0.1, 0.15) is 5.75 Å². The van der Waals surface area contributed by atoms with Crippen molar-refractivity contribution in [1.82, 2.24) is 0 Å². The highest BCUT2D eigenvalue weighted by Crippen LogP contribution is 2.25. The largest absolute Gasteiger partial charge is 0.426 e. The van der Waals surface area contributed by atoms with E-state index in [1.807, 2.05) is 45.0 Å². The van der Waals surface area contributed by atoms with Gasteiger partial charge in [-0.3, -0.25) is 4.79 Å². The highest BCUT2D eigenvalue weighted by atomic mass is 16.5. The molecule has 0 aromatic heterocycles. The van der Waals surface area contributed by atoms with Gasteiger partial charge in [-0.1, -0.05) is 31.0 Å². The zero-order chi connectivity index (χ0) is 12.2. The second-order valence-electron chi connectivity index (χ2n) is 4.84. The minimum Gasteiger partial charge on any atom is -0.426 e. The lowest BCUT2D eigenvalue weighted by Gasteiger charge is -2.21. The van der Waals surface area contributed by atoms with E-state index in [0.717, 1.165) is 18.4 Å². The molecule has 0 atom stereocenters. The van der Waals surface area contributed by atoms with Crippen molar-refractivity contribution in [2.24, 2.45) is 5.41 Å². The lowest BCUT2D eigenvalue weighted by atomic mass is 9.88. The first kappa shape index (κ1) is 12.8. The highest BCUT2D eigenvalue weighted by Gasteiger charge is 2.28. The van der Waals surface area contributed by atoms with E-state index >= 15 is 0 Å². The zero-order valence-corrected chi connectivity index (χ0v) is 10.5. The van der Waals surface area contributed by atoms with Crippen LogP contribution in [0.15, 0.2) is 24.3 Å². The molecule has 1 rings (SSSR count). The molecule has 2 nitrogen and oxygen atoms in total. The van der Waals surface area contributed by atoms with Crippen molar-refractivity contribution in [3.05, 3.63) is 29.8 Å². The van der Waals surface area contributed by atoms with Crippen LogP contribution in [0.2, 0.25) is 0 Å². The molecule has 0 radical (unpaired) electrons. The topological polar surface area (TPSA) is 26.3 Å². The Hall–Kier alpha value is -1.31. The predicted molar refractivity (Wildman–Crippen MR) is 65.5 cm³/mol. The standard InChI is InChI=1S/C14H20O2/c1-5-10-14(3,4)13(15)16-12-8-6-11(2)7-9-12/h6-9H,5,10H2,1-4H3. The molecule has 0 aliphatic rings. The number of aryl methyl sites for hydroxylation is 1. The molecule has 0 fully saturated rings. The van der Waals surface area contributed by atoms with Gasteiger partial charge in [-0.15, -0.1) is 0 Å². The molecule has 0 amide bonds. The van der Waals surface area contributed by atoms with Crippen LogP contribution in [0.4, 0.5) is 0 Å². The molecule has 0 heterocycles. The van der Waals surface area contributed by atoms with E-state index in [-0.39, 0.29) is 5.97 Å². The molecule has 0 saturated heterocycles. The number of ether oxygens (including phenoxy) is 1. The fourth-order valence-corrected chi connectivity index (χ4v) is 1.58. The van der Waals surface area contributed by atoms with Crippen molar-refractivity contribution < 1.29 is 9.53 Å². The Morgan fingerprint density at radius 1 is 1.25 bits per heavy atom. The van der Waals surface area contributed by atoms with Gasteiger partial charge in [0.2, 0.25) is 0 Å². The van der Waals surface area contributed by atoms with Crippen LogP contribution in [0.25, 0.3) is 0 Å². The molecule has 0 bridgehead atoms. The number of esters is 1. The Balaban J connectivity index is 2.67. The summed E-state index contributed by atoms with van der Waals surface area (Å²) >= 11 is 0. The Kier molecular flexibility index (Phi) is 4.11. The fourth-order valence-electron chi connectivity index (χ4n) is 1.58. The monoisotopic (exact) mass is 220 g/mol. The van der Waals surface area contributed by atoms with Crippen molar-refractivity contribution in [2.75, 3.05) is 0 Å². The van der Waals surface area contributed by atoms with Crippen molar-refractivity contribution in [3.63, 3.8) is 0 Å². The summed E-state index contributed by atoms with van der Waals surface area (Å²) in [5.41, 5.74) is 0.757. The molecular formula is C14H20O2. The molecule has 0 aliphatic heterocycles. The summed E-state index contributed by atoms with van der Waals surface area (Å²) in [4.78, 5) is 11.9. The zero-order valence-electron chi connectivity index (χ0n) is 10.5. The van der Waals surface area contributed by atoms with Gasteiger partial charge in [0, 0.05) is 0 Å². The van der Waals surface area contributed by atoms with E-state index in [1.54, 1.807) is 0 Å². The number of hydrogen-bond donors (Lipinski definition) is 0. The summed E-state index contributed by atoms with van der Waals surface area (Å²) in [7, 11) is 0. The number of rotatable bonds is 4. The van der Waals surface area contributed by atoms with E-state index in [2.05, 4.69) is 6.92 Å². The Morgan fingerprint density at radius 2 is 1.81 bits per heavy atom. The normalized spacial score (nSPS) is 11.2. The third kappa shape index (κ3) is 3.37. The maximum atomic E-state index is 11.9. The smallest absolute Gasteiger partial charge is 0.316 e. The number of carbonyl (C=O) groups is 1. The predicted octanol–water partition coefficient (Wildman–Crippen LogP) is 3.73. The summed E-state index contributed by atoms with van der Waals surface area (Å²) in [6.45, 7) is 7.92. The maximum absolute atomic E-state index is 11.9. The van der Waals surface area contributed by atoms with Gasteiger partial charge in [-0.05, 0) is 39.3 Å². The summed E-state index contributed by atoms with van der Waals surface area (Å²) in [6, 6.07) is 7.54. The molecular weight excluding hydrogens is 200 g/mol. The van der Waals surface area contributed by atoms with Crippen LogP contribution in [0.5, 0.6) is 5.75 Å². The Labute approximate surface area is 97.6 Å². The lowest BCUT2D eigenvalue weighted by Crippen LogP contribution is -2.28. The SMILES string of the molecule is CCCC(C)(C)C(=O)Oc1ccc(C)cc1. The van der Waals surface area contributed by atoms with Gasteiger partial charge in [0.05, 0.1) is 5.41 Å². The third-order valence-corrected chi connectivity index (χ3v) is 2.66. The average Bonchev–Trinajstić information content (AvgIpc) is 2.21. The molecule has 0 spiro atoms. The van der Waals surface area contributed by atoms with Crippen molar-refractivity contribution in [2.45, 2.75) is 40.5 Å². The van der Waals surface area contributed by atoms with E-state index < -0.39 is 5.41 Å². The van der Waals surface area contributed by atoms with Crippen LogP contribution >= 0.6 is 0 Å². The van der Waals surface area contributed by atoms with Crippen molar-refractivity contribution >= 4 is 5.97 Å². The van der Waals surface area contributed by atoms with Crippen LogP contribution in [-0.2, 0) is 4.79 Å². The number of benzene rings is 1. The highest BCUT2D eigenvalue weighted by molar-refractivity contribution is 5.78. The molecule has 1 aromatic carbocycles. The van der Waals surface area contributed by atoms with Gasteiger partial charge >= 0.3 is 5.97 Å².